The van der Waals surface area contributed by atoms with E-state index in [2.05, 4.69) is 159 Å². The Morgan fingerprint density at radius 3 is 0.791 bits per heavy atom. The van der Waals surface area contributed by atoms with Crippen LogP contribution < -0.4 is 0 Å². The Morgan fingerprint density at radius 1 is 0.255 bits per heavy atom. The predicted octanol–water partition coefficient (Wildman–Crippen LogP) is 29.1. The summed E-state index contributed by atoms with van der Waals surface area (Å²) in [6.07, 6.45) is 32.4. The number of hydrogen-bond acceptors (Lipinski definition) is 6. The van der Waals surface area contributed by atoms with Crippen LogP contribution in [0.25, 0.3) is 0 Å². The average molecular weight is 1540 g/mol. The second-order valence-corrected chi connectivity index (χ2v) is 34.2. The summed E-state index contributed by atoms with van der Waals surface area (Å²) in [7, 11) is 0. The Kier molecular flexibility index (Phi) is 54.7. The summed E-state index contributed by atoms with van der Waals surface area (Å²) in [5.41, 5.74) is 12.7. The van der Waals surface area contributed by atoms with Crippen LogP contribution in [0, 0.1) is 164 Å². The van der Waals surface area contributed by atoms with E-state index >= 15 is 0 Å². The van der Waals surface area contributed by atoms with Gasteiger partial charge in [0.15, 0.2) is 12.6 Å². The highest BCUT2D eigenvalue weighted by Crippen LogP contribution is 2.28. The molecule has 4 saturated heterocycles. The molecule has 0 spiro atoms. The summed E-state index contributed by atoms with van der Waals surface area (Å²) in [5, 5.41) is 0. The molecule has 4 aliphatic carbocycles. The van der Waals surface area contributed by atoms with Gasteiger partial charge >= 0.3 is 0 Å². The van der Waals surface area contributed by atoms with Crippen LogP contribution in [0.5, 0.6) is 0 Å². The summed E-state index contributed by atoms with van der Waals surface area (Å²) in [6, 6.07) is 25.1. The van der Waals surface area contributed by atoms with Crippen molar-refractivity contribution in [3.63, 3.8) is 0 Å². The molecule has 5 aromatic carbocycles. The molecule has 8 unspecified atom stereocenters. The summed E-state index contributed by atoms with van der Waals surface area (Å²) < 4.78 is 94.7. The van der Waals surface area contributed by atoms with Gasteiger partial charge in [-0.25, -0.2) is 22.0 Å². The number of allylic oxidation sites excluding steroid dienone is 6. The number of hydrogen-bond donors (Lipinski definition) is 0. The fraction of sp³-hybridized carbons (Fsp3) is 0.636. The summed E-state index contributed by atoms with van der Waals surface area (Å²) in [4.78, 5) is 0. The molecule has 6 nitrogen and oxygen atoms in total. The first-order valence-corrected chi connectivity index (χ1v) is 42.0. The summed E-state index contributed by atoms with van der Waals surface area (Å²) in [5.74, 6) is 7.07. The van der Waals surface area contributed by atoms with Crippen molar-refractivity contribution < 1.29 is 50.4 Å². The van der Waals surface area contributed by atoms with Gasteiger partial charge in [-0.3, -0.25) is 0 Å². The molecule has 0 aromatic heterocycles. The molecule has 0 radical (unpaired) electrons. The standard InChI is InChI=1S/C9H11F.C8H8F2.2C8H9F.C8H16.3C8H14.C8H10.2C7H14O.2C6H12O2/c1-6-4-7(2)8(3)9(10)5-6;1-5-3-7(9)6(2)8(10)4-5;2*1-6-3-4-7(2)8(9)5-6;5*1-7-3-5-8(2)6-4-7;2*1-6-3-4-7(2)8-5-6;2*1-5-3-7-6(2)8-4-5/h4-5H,1-3H3;3-4H,1-2H3;2*3-5H,1-2H3;7-8H,3-6H2,1-2H3;2*3,8H,4-6H2,1-2H3;3,5,7-8H,4,6H2,1-2H3;3-6H,1-2H3;2*6-7H,3-5H2,1-2H3;2*5-6H,3-4H2,1-2H3. The molecule has 4 aliphatic heterocycles. The van der Waals surface area contributed by atoms with Crippen molar-refractivity contribution in [1.82, 2.24) is 0 Å². The van der Waals surface area contributed by atoms with E-state index in [0.717, 1.165) is 115 Å². The van der Waals surface area contributed by atoms with Crippen LogP contribution in [0.4, 0.5) is 22.0 Å². The Hall–Kier alpha value is -5.27. The average Bonchev–Trinajstić information content (AvgIpc) is 0.884. The molecule has 0 amide bonds. The molecular formula is C99H157F5O6. The first-order valence-electron chi connectivity index (χ1n) is 42.0. The highest BCUT2D eigenvalue weighted by molar-refractivity contribution is 5.31. The molecule has 5 fully saturated rings. The van der Waals surface area contributed by atoms with E-state index < -0.39 is 11.6 Å². The monoisotopic (exact) mass is 1540 g/mol. The van der Waals surface area contributed by atoms with Gasteiger partial charge in [0.2, 0.25) is 0 Å². The van der Waals surface area contributed by atoms with Crippen LogP contribution in [-0.4, -0.2) is 64.4 Å². The second-order valence-electron chi connectivity index (χ2n) is 34.2. The Balaban J connectivity index is 0.000000596. The lowest BCUT2D eigenvalue weighted by atomic mass is 9.84. The third-order valence-electron chi connectivity index (χ3n) is 20.9. The number of benzene rings is 5. The largest absolute Gasteiger partial charge is 0.378 e. The lowest BCUT2D eigenvalue weighted by molar-refractivity contribution is -0.187. The van der Waals surface area contributed by atoms with Crippen LogP contribution in [0.15, 0.2) is 120 Å². The predicted molar refractivity (Wildman–Crippen MR) is 460 cm³/mol. The first-order chi connectivity index (χ1) is 51.7. The zero-order valence-corrected chi connectivity index (χ0v) is 74.4. The number of halogens is 5. The molecule has 11 heteroatoms. The molecule has 624 valence electrons. The van der Waals surface area contributed by atoms with Crippen LogP contribution >= 0.6 is 0 Å². The molecule has 0 N–H and O–H groups in total. The van der Waals surface area contributed by atoms with Crippen molar-refractivity contribution in [2.75, 3.05) is 39.6 Å². The molecule has 8 aliphatic rings. The van der Waals surface area contributed by atoms with Crippen molar-refractivity contribution in [3.05, 3.63) is 211 Å². The van der Waals surface area contributed by atoms with Gasteiger partial charge in [0.1, 0.15) is 29.1 Å². The molecule has 13 rings (SSSR count). The zero-order chi connectivity index (χ0) is 83.0. The smallest absolute Gasteiger partial charge is 0.154 e. The minimum absolute atomic E-state index is 0.0196. The second kappa shape index (κ2) is 58.6. The molecule has 1 saturated carbocycles. The van der Waals surface area contributed by atoms with Gasteiger partial charge in [0, 0.05) is 30.6 Å². The van der Waals surface area contributed by atoms with E-state index in [1.165, 1.54) is 145 Å². The van der Waals surface area contributed by atoms with Crippen molar-refractivity contribution in [2.24, 2.45) is 59.2 Å². The SMILES string of the molecule is CC1=CCC(C)CC1.CC1=CCC(C)CC1.CC1C=CC(C)CC1.CC1CCC(C)CC1.CC1CCC(C)OC1.CC1CCC(C)OC1.CC1COC(C)OC1.CC1COC(C)OC1.Cc1cc(C)c(C)c(F)c1.Cc1cc(F)c(C)c(F)c1.Cc1ccc(C)c(F)c1.Cc1ccc(C)c(F)c1.Cc1ccc(C)cc1. The lowest BCUT2D eigenvalue weighted by Gasteiger charge is -2.24. The maximum Gasteiger partial charge on any atom is 0.154 e. The Bertz CT molecular complexity index is 2900. The van der Waals surface area contributed by atoms with E-state index in [9.17, 15) is 22.0 Å². The van der Waals surface area contributed by atoms with Crippen molar-refractivity contribution >= 4 is 0 Å². The Labute approximate surface area is 670 Å². The van der Waals surface area contributed by atoms with E-state index in [4.69, 9.17) is 28.4 Å². The highest BCUT2D eigenvalue weighted by atomic mass is 19.1. The van der Waals surface area contributed by atoms with Gasteiger partial charge in [-0.15, -0.1) is 0 Å². The number of aryl methyl sites for hydroxylation is 9. The van der Waals surface area contributed by atoms with Gasteiger partial charge in [0.25, 0.3) is 0 Å². The van der Waals surface area contributed by atoms with Gasteiger partial charge in [0.05, 0.1) is 38.6 Å². The zero-order valence-electron chi connectivity index (χ0n) is 74.4. The maximum atomic E-state index is 12.8. The number of ether oxygens (including phenoxy) is 6. The van der Waals surface area contributed by atoms with Crippen molar-refractivity contribution in [3.8, 4) is 0 Å². The summed E-state index contributed by atoms with van der Waals surface area (Å²) in [6.45, 7) is 60.7. The van der Waals surface area contributed by atoms with Crippen LogP contribution in [0.2, 0.25) is 0 Å². The highest BCUT2D eigenvalue weighted by Gasteiger charge is 2.18. The van der Waals surface area contributed by atoms with Crippen LogP contribution in [0.1, 0.15) is 275 Å². The van der Waals surface area contributed by atoms with Crippen molar-refractivity contribution in [2.45, 2.75) is 314 Å². The molecule has 4 heterocycles. The van der Waals surface area contributed by atoms with Gasteiger partial charge in [-0.05, 0) is 317 Å². The quantitative estimate of drug-likeness (QED) is 0.114. The van der Waals surface area contributed by atoms with Gasteiger partial charge in [-0.2, -0.15) is 0 Å². The maximum absolute atomic E-state index is 12.8. The van der Waals surface area contributed by atoms with Crippen LogP contribution in [-0.2, 0) is 28.4 Å². The minimum Gasteiger partial charge on any atom is -0.378 e. The topological polar surface area (TPSA) is 55.4 Å². The molecule has 110 heavy (non-hydrogen) atoms. The number of rotatable bonds is 0. The third kappa shape index (κ3) is 52.2. The first kappa shape index (κ1) is 103. The minimum atomic E-state index is -0.475. The van der Waals surface area contributed by atoms with E-state index in [0.29, 0.717) is 40.7 Å². The fourth-order valence-electron chi connectivity index (χ4n) is 11.9. The van der Waals surface area contributed by atoms with E-state index in [1.54, 1.807) is 57.0 Å². The normalized spacial score (nSPS) is 25.6. The molecule has 0 bridgehead atoms. The van der Waals surface area contributed by atoms with E-state index in [1.807, 2.05) is 59.7 Å². The van der Waals surface area contributed by atoms with Gasteiger partial charge < -0.3 is 28.4 Å². The molecular weight excluding hydrogens is 1380 g/mol. The third-order valence-corrected chi connectivity index (χ3v) is 20.9. The van der Waals surface area contributed by atoms with Crippen LogP contribution in [0.3, 0.4) is 0 Å². The van der Waals surface area contributed by atoms with E-state index in [-0.39, 0.29) is 35.6 Å². The molecule has 5 aromatic rings. The van der Waals surface area contributed by atoms with Gasteiger partial charge in [-0.1, -0.05) is 196 Å². The Morgan fingerprint density at radius 2 is 0.545 bits per heavy atom. The fourth-order valence-corrected chi connectivity index (χ4v) is 11.9. The summed E-state index contributed by atoms with van der Waals surface area (Å²) >= 11 is 0. The van der Waals surface area contributed by atoms with Crippen molar-refractivity contribution in [1.29, 1.82) is 0 Å². The lowest BCUT2D eigenvalue weighted by Crippen LogP contribution is -2.27. The molecule has 8 atom stereocenters.